The summed E-state index contributed by atoms with van der Waals surface area (Å²) in [5.74, 6) is -0.394. The molecule has 0 unspecified atom stereocenters. The molecule has 0 saturated heterocycles. The number of nitrogens with zero attached hydrogens (tertiary/aromatic N) is 4. The molecule has 0 spiro atoms. The van der Waals surface area contributed by atoms with E-state index < -0.39 is 11.9 Å². The van der Waals surface area contributed by atoms with Gasteiger partial charge in [-0.25, -0.2) is 9.97 Å². The second kappa shape index (κ2) is 5.25. The highest BCUT2D eigenvalue weighted by Crippen LogP contribution is 2.35. The molecule has 26 heavy (non-hydrogen) atoms. The summed E-state index contributed by atoms with van der Waals surface area (Å²) < 4.78 is 0.922. The SMILES string of the molecule is Bc1ccc2c3ccc(Br)cc3c3nc4c(O)nc(O)nc4nc3c2c1. The van der Waals surface area contributed by atoms with E-state index in [4.69, 9.17) is 0 Å². The van der Waals surface area contributed by atoms with Gasteiger partial charge in [0, 0.05) is 15.2 Å². The molecule has 0 radical (unpaired) electrons. The second-order valence-electron chi connectivity index (χ2n) is 6.18. The van der Waals surface area contributed by atoms with Crippen molar-refractivity contribution in [3.05, 3.63) is 40.9 Å². The maximum Gasteiger partial charge on any atom is 0.319 e. The van der Waals surface area contributed by atoms with Crippen molar-refractivity contribution in [3.63, 3.8) is 0 Å². The lowest BCUT2D eigenvalue weighted by atomic mass is 9.91. The van der Waals surface area contributed by atoms with Crippen molar-refractivity contribution in [1.29, 1.82) is 0 Å². The Morgan fingerprint density at radius 3 is 2.23 bits per heavy atom. The summed E-state index contributed by atoms with van der Waals surface area (Å²) in [7, 11) is 2.02. The first-order valence-electron chi connectivity index (χ1n) is 7.90. The van der Waals surface area contributed by atoms with Crippen LogP contribution in [-0.2, 0) is 0 Å². The van der Waals surface area contributed by atoms with Crippen LogP contribution in [0.2, 0.25) is 0 Å². The van der Waals surface area contributed by atoms with E-state index in [1.54, 1.807) is 0 Å². The van der Waals surface area contributed by atoms with Gasteiger partial charge in [-0.1, -0.05) is 45.7 Å². The first kappa shape index (κ1) is 15.3. The van der Waals surface area contributed by atoms with E-state index in [2.05, 4.69) is 54.1 Å². The van der Waals surface area contributed by atoms with Gasteiger partial charge in [-0.05, 0) is 22.9 Å². The van der Waals surface area contributed by atoms with Gasteiger partial charge in [-0.2, -0.15) is 9.97 Å². The van der Waals surface area contributed by atoms with Gasteiger partial charge in [0.1, 0.15) is 7.85 Å². The van der Waals surface area contributed by atoms with E-state index in [9.17, 15) is 10.2 Å². The Kier molecular flexibility index (Phi) is 3.08. The van der Waals surface area contributed by atoms with Gasteiger partial charge in [0.15, 0.2) is 11.2 Å². The molecule has 0 aliphatic heterocycles. The van der Waals surface area contributed by atoms with Gasteiger partial charge >= 0.3 is 6.01 Å². The van der Waals surface area contributed by atoms with E-state index >= 15 is 0 Å². The highest BCUT2D eigenvalue weighted by Gasteiger charge is 2.16. The number of hydrogen-bond donors (Lipinski definition) is 2. The fraction of sp³-hybridized carbons (Fsp3) is 0. The van der Waals surface area contributed by atoms with Gasteiger partial charge in [-0.15, -0.1) is 0 Å². The number of benzene rings is 3. The van der Waals surface area contributed by atoms with Gasteiger partial charge in [0.25, 0.3) is 0 Å². The lowest BCUT2D eigenvalue weighted by Crippen LogP contribution is -2.02. The summed E-state index contributed by atoms with van der Waals surface area (Å²) in [6, 6.07) is 11.7. The molecule has 0 fully saturated rings. The van der Waals surface area contributed by atoms with Crippen molar-refractivity contribution in [2.75, 3.05) is 0 Å². The fourth-order valence-electron chi connectivity index (χ4n) is 3.33. The zero-order valence-corrected chi connectivity index (χ0v) is 15.1. The Morgan fingerprint density at radius 2 is 1.42 bits per heavy atom. The Balaban J connectivity index is 2.13. The van der Waals surface area contributed by atoms with Crippen LogP contribution in [0.15, 0.2) is 40.9 Å². The van der Waals surface area contributed by atoms with E-state index in [0.717, 1.165) is 31.5 Å². The summed E-state index contributed by atoms with van der Waals surface area (Å²) in [5.41, 5.74) is 2.73. The zero-order chi connectivity index (χ0) is 18.0. The van der Waals surface area contributed by atoms with Crippen molar-refractivity contribution in [2.45, 2.75) is 0 Å². The predicted molar refractivity (Wildman–Crippen MR) is 107 cm³/mol. The smallest absolute Gasteiger partial charge is 0.319 e. The summed E-state index contributed by atoms with van der Waals surface area (Å²) in [6.07, 6.45) is 0. The third-order valence-electron chi connectivity index (χ3n) is 4.46. The largest absolute Gasteiger partial charge is 0.492 e. The topological polar surface area (TPSA) is 92.0 Å². The molecule has 0 amide bonds. The van der Waals surface area contributed by atoms with Gasteiger partial charge in [0.2, 0.25) is 5.88 Å². The maximum absolute atomic E-state index is 10.1. The van der Waals surface area contributed by atoms with Gasteiger partial charge < -0.3 is 10.2 Å². The van der Waals surface area contributed by atoms with Crippen LogP contribution in [0.4, 0.5) is 0 Å². The molecular formula is C18H10BBrN4O2. The van der Waals surface area contributed by atoms with Gasteiger partial charge in [-0.3, -0.25) is 0 Å². The second-order valence-corrected chi connectivity index (χ2v) is 7.09. The lowest BCUT2D eigenvalue weighted by molar-refractivity contribution is 0.402. The molecule has 6 nitrogen and oxygen atoms in total. The quantitative estimate of drug-likeness (QED) is 0.234. The molecule has 0 aliphatic carbocycles. The molecule has 124 valence electrons. The Hall–Kier alpha value is -3.00. The third kappa shape index (κ3) is 2.12. The number of hydrogen-bond acceptors (Lipinski definition) is 6. The number of rotatable bonds is 0. The van der Waals surface area contributed by atoms with Crippen LogP contribution in [0.1, 0.15) is 0 Å². The third-order valence-corrected chi connectivity index (χ3v) is 4.95. The molecule has 3 aromatic carbocycles. The van der Waals surface area contributed by atoms with Crippen LogP contribution < -0.4 is 5.46 Å². The summed E-state index contributed by atoms with van der Waals surface area (Å²) >= 11 is 3.51. The van der Waals surface area contributed by atoms with Crippen molar-refractivity contribution in [2.24, 2.45) is 0 Å². The molecule has 2 aromatic heterocycles. The number of aromatic nitrogens is 4. The van der Waals surface area contributed by atoms with Crippen LogP contribution >= 0.6 is 15.9 Å². The Morgan fingerprint density at radius 1 is 0.731 bits per heavy atom. The molecule has 0 aliphatic rings. The number of fused-ring (bicyclic) bond motifs is 7. The van der Waals surface area contributed by atoms with Crippen LogP contribution in [-0.4, -0.2) is 38.0 Å². The van der Waals surface area contributed by atoms with E-state index in [0.29, 0.717) is 11.0 Å². The van der Waals surface area contributed by atoms with Crippen LogP contribution in [0.5, 0.6) is 11.9 Å². The van der Waals surface area contributed by atoms with Gasteiger partial charge in [0.05, 0.1) is 11.0 Å². The minimum atomic E-state index is -0.535. The van der Waals surface area contributed by atoms with E-state index in [1.165, 1.54) is 0 Å². The van der Waals surface area contributed by atoms with E-state index in [-0.39, 0.29) is 11.2 Å². The standard InChI is InChI=1S/C18H10BBrN4O2/c19-7-1-3-9-10-4-2-8(20)6-12(10)13-14(11(9)5-7)22-16-15(21-13)17(25)24-18(26)23-16/h1-6H,19H2,(H2,22,23,24,25,26). The van der Waals surface area contributed by atoms with Crippen LogP contribution in [0, 0.1) is 0 Å². The van der Waals surface area contributed by atoms with Crippen molar-refractivity contribution in [3.8, 4) is 11.9 Å². The first-order valence-corrected chi connectivity index (χ1v) is 8.69. The average Bonchev–Trinajstić information content (AvgIpc) is 2.60. The van der Waals surface area contributed by atoms with E-state index in [1.807, 2.05) is 26.0 Å². The molecule has 0 bridgehead atoms. The van der Waals surface area contributed by atoms with Crippen LogP contribution in [0.3, 0.4) is 0 Å². The molecular weight excluding hydrogens is 395 g/mol. The first-order chi connectivity index (χ1) is 12.5. The molecule has 5 aromatic rings. The fourth-order valence-corrected chi connectivity index (χ4v) is 3.69. The highest BCUT2D eigenvalue weighted by atomic mass is 79.9. The van der Waals surface area contributed by atoms with Crippen molar-refractivity contribution in [1.82, 2.24) is 19.9 Å². The monoisotopic (exact) mass is 404 g/mol. The number of halogens is 1. The lowest BCUT2D eigenvalue weighted by Gasteiger charge is -2.11. The predicted octanol–water partition coefficient (Wildman–Crippen LogP) is 2.31. The summed E-state index contributed by atoms with van der Waals surface area (Å²) in [4.78, 5) is 16.7. The number of aromatic hydroxyl groups is 2. The van der Waals surface area contributed by atoms with Crippen molar-refractivity contribution < 1.29 is 10.2 Å². The zero-order valence-electron chi connectivity index (χ0n) is 13.5. The Bertz CT molecular complexity index is 1390. The summed E-state index contributed by atoms with van der Waals surface area (Å²) in [6.45, 7) is 0. The molecule has 8 heteroatoms. The van der Waals surface area contributed by atoms with Crippen molar-refractivity contribution >= 4 is 73.0 Å². The normalized spacial score (nSPS) is 11.7. The molecule has 2 N–H and O–H groups in total. The maximum atomic E-state index is 10.1. The molecule has 0 atom stereocenters. The molecule has 2 heterocycles. The summed E-state index contributed by atoms with van der Waals surface area (Å²) in [5, 5.41) is 23.6. The average molecular weight is 405 g/mol. The molecule has 5 rings (SSSR count). The minimum Gasteiger partial charge on any atom is -0.492 e. The minimum absolute atomic E-state index is 0.152. The molecule has 0 saturated carbocycles. The van der Waals surface area contributed by atoms with Crippen LogP contribution in [0.25, 0.3) is 43.7 Å². The highest BCUT2D eigenvalue weighted by molar-refractivity contribution is 9.10. The Labute approximate surface area is 156 Å².